The molecule has 0 saturated heterocycles. The first kappa shape index (κ1) is 14.0. The lowest BCUT2D eigenvalue weighted by atomic mass is 9.95. The lowest BCUT2D eigenvalue weighted by Crippen LogP contribution is -2.37. The van der Waals surface area contributed by atoms with Crippen molar-refractivity contribution in [3.63, 3.8) is 0 Å². The van der Waals surface area contributed by atoms with Gasteiger partial charge in [-0.3, -0.25) is 0 Å². The minimum absolute atomic E-state index is 0.327. The molecule has 2 rings (SSSR count). The number of aryl methyl sites for hydroxylation is 2. The van der Waals surface area contributed by atoms with Crippen molar-refractivity contribution in [1.29, 1.82) is 0 Å². The number of fused-ring (bicyclic) bond motifs is 1. The molecule has 0 radical (unpaired) electrons. The Balaban J connectivity index is 2.08. The summed E-state index contributed by atoms with van der Waals surface area (Å²) in [5, 5.41) is 10.2. The van der Waals surface area contributed by atoms with Crippen LogP contribution >= 0.6 is 0 Å². The molecule has 0 amide bonds. The molecule has 0 spiro atoms. The number of aromatic nitrogens is 2. The van der Waals surface area contributed by atoms with Crippen molar-refractivity contribution < 1.29 is 5.11 Å². The van der Waals surface area contributed by atoms with Gasteiger partial charge >= 0.3 is 0 Å². The molecule has 1 aromatic heterocycles. The van der Waals surface area contributed by atoms with Crippen LogP contribution in [0.25, 0.3) is 11.0 Å². The maximum absolute atomic E-state index is 10.2. The maximum atomic E-state index is 10.2. The Hall–Kier alpha value is -1.39. The van der Waals surface area contributed by atoms with Crippen molar-refractivity contribution in [2.45, 2.75) is 45.3 Å². The normalized spacial score (nSPS) is 14.7. The fourth-order valence-corrected chi connectivity index (χ4v) is 2.47. The Labute approximate surface area is 114 Å². The van der Waals surface area contributed by atoms with E-state index in [2.05, 4.69) is 15.6 Å². The average molecular weight is 261 g/mol. The van der Waals surface area contributed by atoms with E-state index in [9.17, 15) is 5.11 Å². The lowest BCUT2D eigenvalue weighted by Gasteiger charge is -2.24. The lowest BCUT2D eigenvalue weighted by molar-refractivity contribution is 0.0334. The maximum Gasteiger partial charge on any atom is 0.106 e. The summed E-state index contributed by atoms with van der Waals surface area (Å²) >= 11 is 0. The van der Waals surface area contributed by atoms with Crippen molar-refractivity contribution in [3.05, 3.63) is 30.1 Å². The molecule has 0 aliphatic heterocycles. The molecule has 104 valence electrons. The highest BCUT2D eigenvalue weighted by Gasteiger charge is 2.21. The molecule has 0 bridgehead atoms. The largest absolute Gasteiger partial charge is 0.389 e. The van der Waals surface area contributed by atoms with E-state index in [4.69, 9.17) is 5.73 Å². The van der Waals surface area contributed by atoms with Crippen LogP contribution in [-0.2, 0) is 6.54 Å². The number of hydrogen-bond acceptors (Lipinski definition) is 3. The molecule has 1 unspecified atom stereocenters. The molecule has 0 aliphatic rings. The highest BCUT2D eigenvalue weighted by Crippen LogP contribution is 2.19. The van der Waals surface area contributed by atoms with Gasteiger partial charge in [0, 0.05) is 13.1 Å². The molecular formula is C15H23N3O. The van der Waals surface area contributed by atoms with Gasteiger partial charge in [-0.25, -0.2) is 4.98 Å². The van der Waals surface area contributed by atoms with Crippen molar-refractivity contribution in [2.24, 2.45) is 5.73 Å². The molecule has 1 aromatic carbocycles. The fourth-order valence-electron chi connectivity index (χ4n) is 2.47. The molecule has 3 N–H and O–H groups in total. The van der Waals surface area contributed by atoms with Gasteiger partial charge in [-0.15, -0.1) is 0 Å². The second-order valence-electron chi connectivity index (χ2n) is 5.18. The first-order valence-corrected chi connectivity index (χ1v) is 6.94. The summed E-state index contributed by atoms with van der Waals surface area (Å²) < 4.78 is 2.21. The van der Waals surface area contributed by atoms with Gasteiger partial charge in [0.05, 0.1) is 16.6 Å². The van der Waals surface area contributed by atoms with Gasteiger partial charge in [0.1, 0.15) is 5.82 Å². The third-order valence-corrected chi connectivity index (χ3v) is 3.91. The second-order valence-corrected chi connectivity index (χ2v) is 5.18. The van der Waals surface area contributed by atoms with E-state index >= 15 is 0 Å². The minimum atomic E-state index is -0.718. The molecule has 4 heteroatoms. The standard InChI is InChI=1S/C15H23N3O/c1-3-15(19,11-16)9-6-10-18-12(2)17-13-7-4-5-8-14(13)18/h4-5,7-8,19H,3,6,9-11,16H2,1-2H3. The molecule has 4 nitrogen and oxygen atoms in total. The van der Waals surface area contributed by atoms with Gasteiger partial charge < -0.3 is 15.4 Å². The zero-order chi connectivity index (χ0) is 13.9. The van der Waals surface area contributed by atoms with E-state index < -0.39 is 5.60 Å². The molecule has 0 aliphatic carbocycles. The average Bonchev–Trinajstić information content (AvgIpc) is 2.75. The van der Waals surface area contributed by atoms with Crippen LogP contribution in [0.1, 0.15) is 32.0 Å². The first-order chi connectivity index (χ1) is 9.09. The summed E-state index contributed by atoms with van der Waals surface area (Å²) in [4.78, 5) is 4.54. The quantitative estimate of drug-likeness (QED) is 0.838. The highest BCUT2D eigenvalue weighted by atomic mass is 16.3. The molecule has 2 aromatic rings. The van der Waals surface area contributed by atoms with Gasteiger partial charge in [0.15, 0.2) is 0 Å². The topological polar surface area (TPSA) is 64.1 Å². The van der Waals surface area contributed by atoms with Gasteiger partial charge in [0.25, 0.3) is 0 Å². The number of rotatable bonds is 6. The number of nitrogens with two attached hydrogens (primary N) is 1. The number of nitrogens with zero attached hydrogens (tertiary/aromatic N) is 2. The van der Waals surface area contributed by atoms with Crippen LogP contribution in [0, 0.1) is 6.92 Å². The monoisotopic (exact) mass is 261 g/mol. The van der Waals surface area contributed by atoms with Crippen LogP contribution in [0.4, 0.5) is 0 Å². The van der Waals surface area contributed by atoms with Crippen molar-refractivity contribution in [3.8, 4) is 0 Å². The van der Waals surface area contributed by atoms with Crippen molar-refractivity contribution in [1.82, 2.24) is 9.55 Å². The van der Waals surface area contributed by atoms with Crippen molar-refractivity contribution in [2.75, 3.05) is 6.54 Å². The van der Waals surface area contributed by atoms with Crippen molar-refractivity contribution >= 4 is 11.0 Å². The summed E-state index contributed by atoms with van der Waals surface area (Å²) in [6, 6.07) is 8.15. The summed E-state index contributed by atoms with van der Waals surface area (Å²) in [5.74, 6) is 1.02. The van der Waals surface area contributed by atoms with Crippen LogP contribution in [0.15, 0.2) is 24.3 Å². The van der Waals surface area contributed by atoms with E-state index in [0.29, 0.717) is 13.0 Å². The van der Waals surface area contributed by atoms with Crippen LogP contribution in [-0.4, -0.2) is 26.8 Å². The number of hydrogen-bond donors (Lipinski definition) is 2. The molecule has 19 heavy (non-hydrogen) atoms. The smallest absolute Gasteiger partial charge is 0.106 e. The number of imidazole rings is 1. The van der Waals surface area contributed by atoms with Gasteiger partial charge in [-0.2, -0.15) is 0 Å². The first-order valence-electron chi connectivity index (χ1n) is 6.94. The summed E-state index contributed by atoms with van der Waals surface area (Å²) in [6.45, 7) is 5.20. The van der Waals surface area contributed by atoms with E-state index in [0.717, 1.165) is 36.2 Å². The molecule has 0 saturated carbocycles. The van der Waals surface area contributed by atoms with Crippen LogP contribution in [0.5, 0.6) is 0 Å². The Bertz CT molecular complexity index is 543. The van der Waals surface area contributed by atoms with E-state index in [1.807, 2.05) is 32.0 Å². The van der Waals surface area contributed by atoms with Crippen LogP contribution in [0.2, 0.25) is 0 Å². The van der Waals surface area contributed by atoms with Gasteiger partial charge in [-0.05, 0) is 38.3 Å². The summed E-state index contributed by atoms with van der Waals surface area (Å²) in [6.07, 6.45) is 2.34. The van der Waals surface area contributed by atoms with E-state index in [1.54, 1.807) is 0 Å². The molecule has 1 heterocycles. The Morgan fingerprint density at radius 2 is 2.11 bits per heavy atom. The predicted molar refractivity (Wildman–Crippen MR) is 78.0 cm³/mol. The fraction of sp³-hybridized carbons (Fsp3) is 0.533. The molecule has 0 fully saturated rings. The third-order valence-electron chi connectivity index (χ3n) is 3.91. The van der Waals surface area contributed by atoms with E-state index in [-0.39, 0.29) is 0 Å². The third kappa shape index (κ3) is 2.96. The van der Waals surface area contributed by atoms with E-state index in [1.165, 1.54) is 0 Å². The van der Waals surface area contributed by atoms with Crippen LogP contribution < -0.4 is 5.73 Å². The zero-order valence-electron chi connectivity index (χ0n) is 11.8. The summed E-state index contributed by atoms with van der Waals surface area (Å²) in [5.41, 5.74) is 7.10. The van der Waals surface area contributed by atoms with Gasteiger partial charge in [0.2, 0.25) is 0 Å². The highest BCUT2D eigenvalue weighted by molar-refractivity contribution is 5.75. The number of aliphatic hydroxyl groups is 1. The molecular weight excluding hydrogens is 238 g/mol. The summed E-state index contributed by atoms with van der Waals surface area (Å²) in [7, 11) is 0. The van der Waals surface area contributed by atoms with Gasteiger partial charge in [-0.1, -0.05) is 19.1 Å². The second kappa shape index (κ2) is 5.72. The SMILES string of the molecule is CCC(O)(CN)CCCn1c(C)nc2ccccc21. The Kier molecular flexibility index (Phi) is 4.22. The van der Waals surface area contributed by atoms with Crippen LogP contribution in [0.3, 0.4) is 0 Å². The Morgan fingerprint density at radius 3 is 2.79 bits per heavy atom. The number of benzene rings is 1. The zero-order valence-corrected chi connectivity index (χ0v) is 11.8. The molecule has 1 atom stereocenters. The minimum Gasteiger partial charge on any atom is -0.389 e. The predicted octanol–water partition coefficient (Wildman–Crippen LogP) is 2.22. The number of para-hydroxylation sites is 2. The Morgan fingerprint density at radius 1 is 1.37 bits per heavy atom.